The van der Waals surface area contributed by atoms with Crippen molar-refractivity contribution in [3.05, 3.63) is 76.3 Å². The number of aliphatic imine (C=N–C) groups is 1. The van der Waals surface area contributed by atoms with E-state index >= 15 is 0 Å². The van der Waals surface area contributed by atoms with Crippen LogP contribution in [0.3, 0.4) is 0 Å². The maximum absolute atomic E-state index is 12.9. The summed E-state index contributed by atoms with van der Waals surface area (Å²) in [4.78, 5) is 28.2. The van der Waals surface area contributed by atoms with Gasteiger partial charge in [-0.05, 0) is 42.8 Å². The fraction of sp³-hybridized carbons (Fsp3) is 0.379. The van der Waals surface area contributed by atoms with Crippen molar-refractivity contribution in [2.24, 2.45) is 22.6 Å². The van der Waals surface area contributed by atoms with Crippen molar-refractivity contribution in [3.63, 3.8) is 0 Å². The summed E-state index contributed by atoms with van der Waals surface area (Å²) in [6.07, 6.45) is 6.61. The number of benzene rings is 1. The molecule has 0 aliphatic carbocycles. The molecule has 0 fully saturated rings. The summed E-state index contributed by atoms with van der Waals surface area (Å²) in [6.45, 7) is 11.2. The molecular formula is C29H36ClN5O2. The summed E-state index contributed by atoms with van der Waals surface area (Å²) in [5, 5.41) is 1.41. The number of allylic oxidation sites excluding steroid dienone is 1. The Labute approximate surface area is 224 Å². The van der Waals surface area contributed by atoms with Gasteiger partial charge in [0, 0.05) is 60.7 Å². The summed E-state index contributed by atoms with van der Waals surface area (Å²) in [5.74, 6) is 0.960. The van der Waals surface area contributed by atoms with Gasteiger partial charge in [-0.25, -0.2) is 4.98 Å². The minimum Gasteiger partial charge on any atom is -0.487 e. The number of ether oxygens (including phenoxy) is 1. The lowest BCUT2D eigenvalue weighted by Crippen LogP contribution is -2.36. The number of aryl methyl sites for hydroxylation is 1. The first kappa shape index (κ1) is 28.1. The minimum atomic E-state index is -0.101. The van der Waals surface area contributed by atoms with E-state index in [0.29, 0.717) is 29.8 Å². The molecule has 3 rings (SSSR count). The van der Waals surface area contributed by atoms with Gasteiger partial charge < -0.3 is 15.4 Å². The van der Waals surface area contributed by atoms with Crippen molar-refractivity contribution in [1.29, 1.82) is 0 Å². The van der Waals surface area contributed by atoms with E-state index in [1.165, 1.54) is 6.20 Å². The highest BCUT2D eigenvalue weighted by Gasteiger charge is 2.21. The lowest BCUT2D eigenvalue weighted by Gasteiger charge is -2.27. The van der Waals surface area contributed by atoms with Crippen LogP contribution >= 0.6 is 11.6 Å². The molecule has 196 valence electrons. The minimum absolute atomic E-state index is 0.0988. The fourth-order valence-electron chi connectivity index (χ4n) is 4.25. The summed E-state index contributed by atoms with van der Waals surface area (Å²) in [6, 6.07) is 7.80. The Kier molecular flexibility index (Phi) is 9.64. The Hall–Kier alpha value is -3.45. The SMILES string of the molecule is CN=C(/C=C\N)c1cc(C)nc2c(OCc3c(Cl)cncc3CN(CC(C)C)C(=O)C(C)C)cccc12. The van der Waals surface area contributed by atoms with E-state index in [9.17, 15) is 4.79 Å². The van der Waals surface area contributed by atoms with E-state index in [1.807, 2.05) is 49.9 Å². The molecule has 7 nitrogen and oxygen atoms in total. The van der Waals surface area contributed by atoms with Gasteiger partial charge in [-0.3, -0.25) is 14.8 Å². The Morgan fingerprint density at radius 1 is 1.24 bits per heavy atom. The van der Waals surface area contributed by atoms with Crippen molar-refractivity contribution in [3.8, 4) is 5.75 Å². The highest BCUT2D eigenvalue weighted by Crippen LogP contribution is 2.30. The lowest BCUT2D eigenvalue weighted by molar-refractivity contribution is -0.135. The number of halogens is 1. The van der Waals surface area contributed by atoms with Crippen LogP contribution in [0.25, 0.3) is 10.9 Å². The van der Waals surface area contributed by atoms with E-state index in [0.717, 1.165) is 39.0 Å². The van der Waals surface area contributed by atoms with Gasteiger partial charge in [-0.2, -0.15) is 0 Å². The third-order valence-electron chi connectivity index (χ3n) is 5.92. The predicted molar refractivity (Wildman–Crippen MR) is 151 cm³/mol. The molecule has 2 heterocycles. The van der Waals surface area contributed by atoms with E-state index in [-0.39, 0.29) is 18.4 Å². The summed E-state index contributed by atoms with van der Waals surface area (Å²) >= 11 is 6.59. The van der Waals surface area contributed by atoms with Crippen molar-refractivity contribution >= 4 is 34.1 Å². The van der Waals surface area contributed by atoms with E-state index < -0.39 is 0 Å². The number of carbonyl (C=O) groups is 1. The number of aromatic nitrogens is 2. The van der Waals surface area contributed by atoms with Crippen LogP contribution in [0, 0.1) is 18.8 Å². The van der Waals surface area contributed by atoms with Crippen molar-refractivity contribution < 1.29 is 9.53 Å². The van der Waals surface area contributed by atoms with Crippen LogP contribution in [0.2, 0.25) is 5.02 Å². The third kappa shape index (κ3) is 6.86. The summed E-state index contributed by atoms with van der Waals surface area (Å²) in [7, 11) is 1.73. The number of pyridine rings is 2. The Morgan fingerprint density at radius 2 is 2.00 bits per heavy atom. The Morgan fingerprint density at radius 3 is 2.65 bits per heavy atom. The van der Waals surface area contributed by atoms with Crippen molar-refractivity contribution in [2.45, 2.75) is 47.8 Å². The molecule has 0 atom stereocenters. The zero-order valence-electron chi connectivity index (χ0n) is 22.5. The maximum Gasteiger partial charge on any atom is 0.225 e. The number of para-hydroxylation sites is 1. The molecule has 37 heavy (non-hydrogen) atoms. The quantitative estimate of drug-likeness (QED) is 0.345. The van der Waals surface area contributed by atoms with Gasteiger partial charge in [-0.15, -0.1) is 0 Å². The summed E-state index contributed by atoms with van der Waals surface area (Å²) < 4.78 is 6.32. The number of amides is 1. The number of carbonyl (C=O) groups excluding carboxylic acids is 1. The molecule has 0 aliphatic heterocycles. The highest BCUT2D eigenvalue weighted by atomic mass is 35.5. The van der Waals surface area contributed by atoms with Crippen LogP contribution in [0.5, 0.6) is 5.75 Å². The third-order valence-corrected chi connectivity index (χ3v) is 6.25. The van der Waals surface area contributed by atoms with Crippen molar-refractivity contribution in [1.82, 2.24) is 14.9 Å². The molecular weight excluding hydrogens is 486 g/mol. The Balaban J connectivity index is 1.97. The van der Waals surface area contributed by atoms with Crippen LogP contribution in [-0.4, -0.2) is 40.1 Å². The van der Waals surface area contributed by atoms with Gasteiger partial charge in [-0.1, -0.05) is 51.4 Å². The van der Waals surface area contributed by atoms with Crippen LogP contribution in [0.15, 0.2) is 53.9 Å². The highest BCUT2D eigenvalue weighted by molar-refractivity contribution is 6.31. The predicted octanol–water partition coefficient (Wildman–Crippen LogP) is 5.70. The van der Waals surface area contributed by atoms with Crippen LogP contribution in [0.1, 0.15) is 50.1 Å². The molecule has 0 aliphatic rings. The van der Waals surface area contributed by atoms with Gasteiger partial charge in [0.25, 0.3) is 0 Å². The van der Waals surface area contributed by atoms with E-state index in [2.05, 4.69) is 23.8 Å². The van der Waals surface area contributed by atoms with Crippen LogP contribution in [0.4, 0.5) is 0 Å². The molecule has 1 aromatic carbocycles. The van der Waals surface area contributed by atoms with Gasteiger partial charge in [0.15, 0.2) is 0 Å². The molecule has 1 amide bonds. The van der Waals surface area contributed by atoms with Gasteiger partial charge in [0.05, 0.1) is 10.7 Å². The maximum atomic E-state index is 12.9. The molecule has 0 spiro atoms. The number of fused-ring (bicyclic) bond motifs is 1. The average molecular weight is 522 g/mol. The van der Waals surface area contributed by atoms with E-state index in [1.54, 1.807) is 25.5 Å². The van der Waals surface area contributed by atoms with Gasteiger partial charge in [0.1, 0.15) is 17.9 Å². The molecule has 2 N–H and O–H groups in total. The van der Waals surface area contributed by atoms with E-state index in [4.69, 9.17) is 27.1 Å². The normalized spacial score (nSPS) is 12.2. The smallest absolute Gasteiger partial charge is 0.225 e. The second kappa shape index (κ2) is 12.7. The lowest BCUT2D eigenvalue weighted by atomic mass is 10.0. The van der Waals surface area contributed by atoms with Crippen LogP contribution in [-0.2, 0) is 17.9 Å². The second-order valence-corrected chi connectivity index (χ2v) is 10.2. The number of nitrogens with zero attached hydrogens (tertiary/aromatic N) is 4. The zero-order chi connectivity index (χ0) is 27.1. The molecule has 8 heteroatoms. The number of nitrogens with two attached hydrogens (primary N) is 1. The standard InChI is InChI=1S/C29H36ClN5O2/c1-18(2)15-35(29(36)19(3)4)16-21-13-33-14-25(30)24(21)17-37-27-9-7-8-22-23(26(32-6)10-11-31)12-20(5)34-28(22)27/h7-14,18-19H,15-17,31H2,1-6H3/b11-10-,32-26?. The first-order valence-electron chi connectivity index (χ1n) is 12.4. The molecule has 2 aromatic heterocycles. The summed E-state index contributed by atoms with van der Waals surface area (Å²) in [5.41, 5.74) is 10.6. The number of hydrogen-bond acceptors (Lipinski definition) is 6. The zero-order valence-corrected chi connectivity index (χ0v) is 23.2. The number of rotatable bonds is 10. The topological polar surface area (TPSA) is 93.7 Å². The molecule has 0 saturated carbocycles. The van der Waals surface area contributed by atoms with Crippen molar-refractivity contribution in [2.75, 3.05) is 13.6 Å². The van der Waals surface area contributed by atoms with Gasteiger partial charge >= 0.3 is 0 Å². The first-order chi connectivity index (χ1) is 17.7. The molecule has 3 aromatic rings. The second-order valence-electron chi connectivity index (χ2n) is 9.75. The fourth-order valence-corrected chi connectivity index (χ4v) is 4.48. The molecule has 0 bridgehead atoms. The Bertz CT molecular complexity index is 1320. The molecule has 0 radical (unpaired) electrons. The molecule has 0 unspecified atom stereocenters. The average Bonchev–Trinajstić information content (AvgIpc) is 2.85. The molecule has 0 saturated heterocycles. The monoisotopic (exact) mass is 521 g/mol. The largest absolute Gasteiger partial charge is 0.487 e. The number of hydrogen-bond donors (Lipinski definition) is 1. The van der Waals surface area contributed by atoms with Crippen LogP contribution < -0.4 is 10.5 Å². The van der Waals surface area contributed by atoms with Gasteiger partial charge in [0.2, 0.25) is 5.91 Å². The first-order valence-corrected chi connectivity index (χ1v) is 12.8.